The summed E-state index contributed by atoms with van der Waals surface area (Å²) in [5, 5.41) is 3.41. The van der Waals surface area contributed by atoms with Crippen molar-refractivity contribution in [2.24, 2.45) is 0 Å². The summed E-state index contributed by atoms with van der Waals surface area (Å²) in [7, 11) is 0. The van der Waals surface area contributed by atoms with Gasteiger partial charge in [-0.3, -0.25) is 0 Å². The van der Waals surface area contributed by atoms with E-state index in [0.29, 0.717) is 5.92 Å². The smallest absolute Gasteiger partial charge is 0.122 e. The summed E-state index contributed by atoms with van der Waals surface area (Å²) >= 11 is 0. The molecule has 0 saturated carbocycles. The van der Waals surface area contributed by atoms with Crippen molar-refractivity contribution in [3.05, 3.63) is 29.8 Å². The lowest BCUT2D eigenvalue weighted by molar-refractivity contribution is 0.00739. The van der Waals surface area contributed by atoms with E-state index in [4.69, 9.17) is 9.47 Å². The standard InChI is InChI=1S/C15H21NO2/c1-3-12(13-6-7-16-10-13)9-14(4-1)18-15-5-2-8-17-11-15/h1,3-4,9,13,15-16H,2,5-8,10-11H2. The van der Waals surface area contributed by atoms with E-state index < -0.39 is 0 Å². The van der Waals surface area contributed by atoms with Crippen molar-refractivity contribution in [3.8, 4) is 5.75 Å². The first-order valence-corrected chi connectivity index (χ1v) is 6.97. The van der Waals surface area contributed by atoms with Crippen LogP contribution in [0.15, 0.2) is 24.3 Å². The van der Waals surface area contributed by atoms with Gasteiger partial charge in [-0.05, 0) is 49.4 Å². The second kappa shape index (κ2) is 5.72. The number of hydrogen-bond acceptors (Lipinski definition) is 3. The summed E-state index contributed by atoms with van der Waals surface area (Å²) in [6.07, 6.45) is 3.68. The highest BCUT2D eigenvalue weighted by Gasteiger charge is 2.18. The SMILES string of the molecule is c1cc(OC2CCCOC2)cc(C2CCNC2)c1. The molecule has 1 N–H and O–H groups in total. The first kappa shape index (κ1) is 12.0. The van der Waals surface area contributed by atoms with Crippen molar-refractivity contribution < 1.29 is 9.47 Å². The normalized spacial score (nSPS) is 28.2. The Morgan fingerprint density at radius 2 is 2.28 bits per heavy atom. The molecule has 3 heteroatoms. The molecule has 0 amide bonds. The highest BCUT2D eigenvalue weighted by atomic mass is 16.5. The fourth-order valence-corrected chi connectivity index (χ4v) is 2.78. The minimum atomic E-state index is 0.232. The summed E-state index contributed by atoms with van der Waals surface area (Å²) < 4.78 is 11.5. The monoisotopic (exact) mass is 247 g/mol. The number of ether oxygens (including phenoxy) is 2. The van der Waals surface area contributed by atoms with Crippen LogP contribution in [0.4, 0.5) is 0 Å². The molecule has 1 aromatic carbocycles. The fraction of sp³-hybridized carbons (Fsp3) is 0.600. The predicted molar refractivity (Wildman–Crippen MR) is 71.1 cm³/mol. The summed E-state index contributed by atoms with van der Waals surface area (Å²) in [6, 6.07) is 8.57. The minimum Gasteiger partial charge on any atom is -0.488 e. The number of nitrogens with one attached hydrogen (secondary N) is 1. The van der Waals surface area contributed by atoms with Gasteiger partial charge in [-0.15, -0.1) is 0 Å². The van der Waals surface area contributed by atoms with Gasteiger partial charge in [0, 0.05) is 13.2 Å². The van der Waals surface area contributed by atoms with Crippen LogP contribution in [0.25, 0.3) is 0 Å². The van der Waals surface area contributed by atoms with Crippen LogP contribution in [0.5, 0.6) is 5.75 Å². The van der Waals surface area contributed by atoms with E-state index in [2.05, 4.69) is 29.6 Å². The van der Waals surface area contributed by atoms with Crippen molar-refractivity contribution in [2.45, 2.75) is 31.3 Å². The predicted octanol–water partition coefficient (Wildman–Crippen LogP) is 2.32. The Morgan fingerprint density at radius 1 is 1.28 bits per heavy atom. The molecule has 2 fully saturated rings. The molecule has 0 aliphatic carbocycles. The molecule has 2 aliphatic rings. The van der Waals surface area contributed by atoms with Gasteiger partial charge in [-0.2, -0.15) is 0 Å². The summed E-state index contributed by atoms with van der Waals surface area (Å²) in [4.78, 5) is 0. The number of hydrogen-bond donors (Lipinski definition) is 1. The Hall–Kier alpha value is -1.06. The van der Waals surface area contributed by atoms with E-state index in [1.165, 1.54) is 12.0 Å². The first-order valence-electron chi connectivity index (χ1n) is 6.97. The Labute approximate surface area is 108 Å². The van der Waals surface area contributed by atoms with Gasteiger partial charge < -0.3 is 14.8 Å². The molecule has 2 aliphatic heterocycles. The molecule has 2 saturated heterocycles. The van der Waals surface area contributed by atoms with Crippen molar-refractivity contribution >= 4 is 0 Å². The summed E-state index contributed by atoms with van der Waals surface area (Å²) in [6.45, 7) is 3.84. The maximum Gasteiger partial charge on any atom is 0.122 e. The van der Waals surface area contributed by atoms with Gasteiger partial charge >= 0.3 is 0 Å². The molecule has 3 rings (SSSR count). The highest BCUT2D eigenvalue weighted by molar-refractivity contribution is 5.31. The molecule has 0 spiro atoms. The Kier molecular flexibility index (Phi) is 3.81. The molecule has 3 nitrogen and oxygen atoms in total. The lowest BCUT2D eigenvalue weighted by Gasteiger charge is -2.23. The first-order chi connectivity index (χ1) is 8.92. The average molecular weight is 247 g/mol. The van der Waals surface area contributed by atoms with Gasteiger partial charge in [0.1, 0.15) is 11.9 Å². The molecule has 2 atom stereocenters. The van der Waals surface area contributed by atoms with Gasteiger partial charge in [-0.1, -0.05) is 12.1 Å². The van der Waals surface area contributed by atoms with E-state index in [-0.39, 0.29) is 6.10 Å². The van der Waals surface area contributed by atoms with E-state index in [9.17, 15) is 0 Å². The van der Waals surface area contributed by atoms with E-state index in [1.54, 1.807) is 0 Å². The zero-order chi connectivity index (χ0) is 12.2. The second-order valence-electron chi connectivity index (χ2n) is 5.22. The summed E-state index contributed by atoms with van der Waals surface area (Å²) in [5.74, 6) is 1.64. The number of benzene rings is 1. The van der Waals surface area contributed by atoms with Crippen LogP contribution in [0.1, 0.15) is 30.7 Å². The van der Waals surface area contributed by atoms with Crippen molar-refractivity contribution in [2.75, 3.05) is 26.3 Å². The van der Waals surface area contributed by atoms with Gasteiger partial charge in [0.15, 0.2) is 0 Å². The molecule has 0 aromatic heterocycles. The van der Waals surface area contributed by atoms with Crippen LogP contribution >= 0.6 is 0 Å². The molecule has 0 radical (unpaired) electrons. The largest absolute Gasteiger partial charge is 0.488 e. The Balaban J connectivity index is 1.66. The maximum atomic E-state index is 6.01. The lowest BCUT2D eigenvalue weighted by Crippen LogP contribution is -2.28. The van der Waals surface area contributed by atoms with Crippen molar-refractivity contribution in [1.82, 2.24) is 5.32 Å². The van der Waals surface area contributed by atoms with Crippen LogP contribution in [0.3, 0.4) is 0 Å². The van der Waals surface area contributed by atoms with Crippen molar-refractivity contribution in [1.29, 1.82) is 0 Å². The molecule has 2 unspecified atom stereocenters. The molecule has 2 heterocycles. The van der Waals surface area contributed by atoms with Crippen LogP contribution in [-0.4, -0.2) is 32.4 Å². The van der Waals surface area contributed by atoms with Crippen LogP contribution < -0.4 is 10.1 Å². The van der Waals surface area contributed by atoms with Gasteiger partial charge in [0.25, 0.3) is 0 Å². The zero-order valence-corrected chi connectivity index (χ0v) is 10.7. The molecule has 18 heavy (non-hydrogen) atoms. The van der Waals surface area contributed by atoms with E-state index in [0.717, 1.165) is 44.9 Å². The highest BCUT2D eigenvalue weighted by Crippen LogP contribution is 2.26. The lowest BCUT2D eigenvalue weighted by atomic mass is 9.98. The molecular weight excluding hydrogens is 226 g/mol. The second-order valence-corrected chi connectivity index (χ2v) is 5.22. The molecule has 98 valence electrons. The average Bonchev–Trinajstić information content (AvgIpc) is 2.94. The van der Waals surface area contributed by atoms with Crippen LogP contribution in [0.2, 0.25) is 0 Å². The molecule has 0 bridgehead atoms. The van der Waals surface area contributed by atoms with Gasteiger partial charge in [0.05, 0.1) is 6.61 Å². The molecular formula is C15H21NO2. The number of rotatable bonds is 3. The fourth-order valence-electron chi connectivity index (χ4n) is 2.78. The Bertz CT molecular complexity index is 382. The van der Waals surface area contributed by atoms with E-state index >= 15 is 0 Å². The quantitative estimate of drug-likeness (QED) is 0.889. The van der Waals surface area contributed by atoms with E-state index in [1.807, 2.05) is 0 Å². The Morgan fingerprint density at radius 3 is 3.06 bits per heavy atom. The summed E-state index contributed by atoms with van der Waals surface area (Å²) in [5.41, 5.74) is 1.40. The zero-order valence-electron chi connectivity index (χ0n) is 10.7. The van der Waals surface area contributed by atoms with Crippen molar-refractivity contribution in [3.63, 3.8) is 0 Å². The van der Waals surface area contributed by atoms with Gasteiger partial charge in [-0.25, -0.2) is 0 Å². The third-order valence-corrected chi connectivity index (χ3v) is 3.81. The maximum absolute atomic E-state index is 6.01. The topological polar surface area (TPSA) is 30.5 Å². The van der Waals surface area contributed by atoms with Gasteiger partial charge in [0.2, 0.25) is 0 Å². The molecule has 1 aromatic rings. The van der Waals surface area contributed by atoms with Crippen LogP contribution in [-0.2, 0) is 4.74 Å². The minimum absolute atomic E-state index is 0.232. The van der Waals surface area contributed by atoms with Crippen LogP contribution in [0, 0.1) is 0 Å². The third-order valence-electron chi connectivity index (χ3n) is 3.81. The third kappa shape index (κ3) is 2.85.